The summed E-state index contributed by atoms with van der Waals surface area (Å²) < 4.78 is 0. The maximum Gasteiger partial charge on any atom is 0.143 e. The second-order valence-corrected chi connectivity index (χ2v) is 5.53. The van der Waals surface area contributed by atoms with Crippen LogP contribution in [0.1, 0.15) is 41.5 Å². The summed E-state index contributed by atoms with van der Waals surface area (Å²) in [4.78, 5) is 11.4. The molecule has 0 aliphatic carbocycles. The van der Waals surface area contributed by atoms with Gasteiger partial charge >= 0.3 is 0 Å². The SMILES string of the molecule is CCN(CC)C(CN[SiH3])(N(CC)CC)N(CC)CC. The molecule has 0 fully saturated rings. The molecule has 0 heterocycles. The lowest BCUT2D eigenvalue weighted by molar-refractivity contribution is -0.157. The smallest absolute Gasteiger partial charge is 0.143 e. The molecule has 0 unspecified atom stereocenters. The van der Waals surface area contributed by atoms with Gasteiger partial charge in [0.15, 0.2) is 0 Å². The van der Waals surface area contributed by atoms with Crippen LogP contribution in [0.15, 0.2) is 0 Å². The van der Waals surface area contributed by atoms with Crippen LogP contribution in [0.3, 0.4) is 0 Å². The first-order valence-electron chi connectivity index (χ1n) is 8.02. The number of nitrogens with one attached hydrogen (secondary N) is 1. The van der Waals surface area contributed by atoms with E-state index in [2.05, 4.69) is 61.2 Å². The number of hydrogen-bond acceptors (Lipinski definition) is 4. The highest BCUT2D eigenvalue weighted by Gasteiger charge is 2.43. The third-order valence-electron chi connectivity index (χ3n) is 4.22. The molecular weight excluding hydrogens is 252 g/mol. The molecule has 0 atom stereocenters. The Morgan fingerprint density at radius 3 is 1.11 bits per heavy atom. The average Bonchev–Trinajstić information content (AvgIpc) is 2.42. The first-order valence-corrected chi connectivity index (χ1v) is 9.02. The molecule has 0 bridgehead atoms. The van der Waals surface area contributed by atoms with Crippen molar-refractivity contribution in [2.75, 3.05) is 45.8 Å². The van der Waals surface area contributed by atoms with Crippen molar-refractivity contribution in [2.45, 2.75) is 47.3 Å². The van der Waals surface area contributed by atoms with Gasteiger partial charge in [-0.05, 0) is 39.3 Å². The number of likely N-dealkylation sites (N-methyl/N-ethyl adjacent to an activating group) is 3. The predicted octanol–water partition coefficient (Wildman–Crippen LogP) is 0.536. The average molecular weight is 289 g/mol. The number of nitrogens with zero attached hydrogens (tertiary/aromatic N) is 3. The second-order valence-electron chi connectivity index (χ2n) is 4.82. The second kappa shape index (κ2) is 9.88. The molecule has 0 saturated heterocycles. The predicted molar refractivity (Wildman–Crippen MR) is 89.4 cm³/mol. The van der Waals surface area contributed by atoms with Crippen molar-refractivity contribution in [3.05, 3.63) is 0 Å². The zero-order chi connectivity index (χ0) is 14.9. The fraction of sp³-hybridized carbons (Fsp3) is 1.00. The molecule has 0 saturated carbocycles. The molecule has 1 N–H and O–H groups in total. The molecule has 116 valence electrons. The van der Waals surface area contributed by atoms with E-state index in [0.29, 0.717) is 0 Å². The van der Waals surface area contributed by atoms with Crippen molar-refractivity contribution in [1.29, 1.82) is 0 Å². The van der Waals surface area contributed by atoms with E-state index >= 15 is 0 Å². The lowest BCUT2D eigenvalue weighted by Crippen LogP contribution is -2.73. The first kappa shape index (κ1) is 19.1. The van der Waals surface area contributed by atoms with Crippen LogP contribution >= 0.6 is 0 Å². The summed E-state index contributed by atoms with van der Waals surface area (Å²) in [5, 5.41) is 0. The third kappa shape index (κ3) is 4.01. The molecule has 0 aliphatic heterocycles. The Labute approximate surface area is 124 Å². The van der Waals surface area contributed by atoms with E-state index in [-0.39, 0.29) is 5.79 Å². The van der Waals surface area contributed by atoms with Crippen LogP contribution in [0, 0.1) is 0 Å². The maximum absolute atomic E-state index is 3.57. The van der Waals surface area contributed by atoms with Crippen molar-refractivity contribution >= 4 is 10.4 Å². The quantitative estimate of drug-likeness (QED) is 0.442. The Morgan fingerprint density at radius 2 is 0.947 bits per heavy atom. The molecule has 0 spiro atoms. The van der Waals surface area contributed by atoms with Gasteiger partial charge in [0.25, 0.3) is 0 Å². The van der Waals surface area contributed by atoms with E-state index in [1.54, 1.807) is 0 Å². The number of hydrogen-bond donors (Lipinski definition) is 1. The van der Waals surface area contributed by atoms with Crippen molar-refractivity contribution in [1.82, 2.24) is 19.7 Å². The molecular formula is C14H36N4Si. The fourth-order valence-corrected chi connectivity index (χ4v) is 3.84. The van der Waals surface area contributed by atoms with Gasteiger partial charge in [0.2, 0.25) is 0 Å². The Hall–Kier alpha value is 0.0569. The van der Waals surface area contributed by atoms with Crippen LogP contribution in [0.5, 0.6) is 0 Å². The van der Waals surface area contributed by atoms with E-state index in [1.807, 2.05) is 0 Å². The molecule has 0 amide bonds. The van der Waals surface area contributed by atoms with Gasteiger partial charge < -0.3 is 4.98 Å². The van der Waals surface area contributed by atoms with Crippen LogP contribution in [0.2, 0.25) is 0 Å². The summed E-state index contributed by atoms with van der Waals surface area (Å²) in [5.41, 5.74) is 0. The number of rotatable bonds is 11. The highest BCUT2D eigenvalue weighted by molar-refractivity contribution is 6.04. The first-order chi connectivity index (χ1) is 9.12. The van der Waals surface area contributed by atoms with Crippen LogP contribution < -0.4 is 4.98 Å². The summed E-state index contributed by atoms with van der Waals surface area (Å²) in [5.74, 6) is 0.0260. The van der Waals surface area contributed by atoms with Crippen molar-refractivity contribution in [2.24, 2.45) is 0 Å². The molecule has 4 nitrogen and oxygen atoms in total. The summed E-state index contributed by atoms with van der Waals surface area (Å²) in [6.45, 7) is 21.2. The topological polar surface area (TPSA) is 21.8 Å². The molecule has 0 aromatic carbocycles. The normalized spacial score (nSPS) is 13.1. The Balaban J connectivity index is 5.68. The Kier molecular flexibility index (Phi) is 9.91. The molecule has 0 aliphatic rings. The monoisotopic (exact) mass is 288 g/mol. The van der Waals surface area contributed by atoms with Gasteiger partial charge in [0.05, 0.1) is 10.4 Å². The van der Waals surface area contributed by atoms with E-state index in [0.717, 1.165) is 56.2 Å². The van der Waals surface area contributed by atoms with Crippen LogP contribution in [0.25, 0.3) is 0 Å². The van der Waals surface area contributed by atoms with E-state index in [9.17, 15) is 0 Å². The summed E-state index contributed by atoms with van der Waals surface area (Å²) in [7, 11) is 1.04. The van der Waals surface area contributed by atoms with Gasteiger partial charge in [-0.25, -0.2) is 0 Å². The van der Waals surface area contributed by atoms with E-state index in [4.69, 9.17) is 0 Å². The van der Waals surface area contributed by atoms with Crippen LogP contribution in [-0.4, -0.2) is 76.7 Å². The van der Waals surface area contributed by atoms with Crippen molar-refractivity contribution in [3.8, 4) is 0 Å². The Morgan fingerprint density at radius 1 is 0.684 bits per heavy atom. The molecule has 0 radical (unpaired) electrons. The summed E-state index contributed by atoms with van der Waals surface area (Å²) in [6.07, 6.45) is 0. The van der Waals surface area contributed by atoms with Crippen molar-refractivity contribution in [3.63, 3.8) is 0 Å². The molecule has 0 aromatic heterocycles. The van der Waals surface area contributed by atoms with Gasteiger partial charge in [-0.15, -0.1) is 0 Å². The minimum atomic E-state index is 0.0260. The lowest BCUT2D eigenvalue weighted by Gasteiger charge is -2.56. The third-order valence-corrected chi connectivity index (χ3v) is 4.58. The zero-order valence-corrected chi connectivity index (χ0v) is 16.3. The van der Waals surface area contributed by atoms with Crippen molar-refractivity contribution < 1.29 is 0 Å². The standard InChI is InChI=1S/C14H36N4Si/c1-7-16(8-2)14(13-15-19,17(9-3)10-4)18(11-5)12-6/h15H,7-13H2,1-6,19H3. The maximum atomic E-state index is 3.57. The summed E-state index contributed by atoms with van der Waals surface area (Å²) >= 11 is 0. The molecule has 0 rings (SSSR count). The Bertz CT molecular complexity index is 182. The highest BCUT2D eigenvalue weighted by atomic mass is 28.2. The van der Waals surface area contributed by atoms with Gasteiger partial charge in [0, 0.05) is 6.54 Å². The summed E-state index contributed by atoms with van der Waals surface area (Å²) in [6, 6.07) is 0. The van der Waals surface area contributed by atoms with Gasteiger partial charge in [0.1, 0.15) is 5.79 Å². The molecule has 19 heavy (non-hydrogen) atoms. The van der Waals surface area contributed by atoms with Gasteiger partial charge in [-0.2, -0.15) is 0 Å². The van der Waals surface area contributed by atoms with Gasteiger partial charge in [-0.1, -0.05) is 41.5 Å². The molecule has 5 heteroatoms. The van der Waals surface area contributed by atoms with Gasteiger partial charge in [-0.3, -0.25) is 14.7 Å². The minimum absolute atomic E-state index is 0.0260. The van der Waals surface area contributed by atoms with E-state index < -0.39 is 0 Å². The molecule has 0 aromatic rings. The highest BCUT2D eigenvalue weighted by Crippen LogP contribution is 2.25. The minimum Gasteiger partial charge on any atom is -0.341 e. The van der Waals surface area contributed by atoms with Crippen LogP contribution in [-0.2, 0) is 0 Å². The van der Waals surface area contributed by atoms with E-state index in [1.165, 1.54) is 0 Å². The zero-order valence-electron chi connectivity index (χ0n) is 14.3. The van der Waals surface area contributed by atoms with Crippen LogP contribution in [0.4, 0.5) is 0 Å². The lowest BCUT2D eigenvalue weighted by atomic mass is 10.1. The fourth-order valence-electron chi connectivity index (χ4n) is 3.36. The largest absolute Gasteiger partial charge is 0.341 e.